The van der Waals surface area contributed by atoms with Gasteiger partial charge in [-0.05, 0) is 145 Å². The summed E-state index contributed by atoms with van der Waals surface area (Å²) in [5.41, 5.74) is 72.8. The lowest BCUT2D eigenvalue weighted by molar-refractivity contribution is -0.147. The molecule has 0 fully saturated rings. The molecule has 656 valence electrons. The molecule has 0 aromatic heterocycles. The Balaban J connectivity index is 0.000000707. The quantitative estimate of drug-likeness (QED) is 0.00613. The Labute approximate surface area is 696 Å². The van der Waals surface area contributed by atoms with Crippen LogP contribution in [0.1, 0.15) is 224 Å². The van der Waals surface area contributed by atoms with E-state index in [4.69, 9.17) is 63.1 Å². The monoisotopic (exact) mass is 1640 g/mol. The van der Waals surface area contributed by atoms with Gasteiger partial charge >= 0.3 is 12.2 Å². The van der Waals surface area contributed by atoms with E-state index in [1.54, 1.807) is 0 Å². The van der Waals surface area contributed by atoms with E-state index >= 15 is 0 Å². The van der Waals surface area contributed by atoms with Crippen molar-refractivity contribution in [1.29, 1.82) is 0 Å². The first-order chi connectivity index (χ1) is 54.0. The van der Waals surface area contributed by atoms with E-state index in [2.05, 4.69) is 285 Å². The molecule has 117 heavy (non-hydrogen) atoms. The van der Waals surface area contributed by atoms with Gasteiger partial charge < -0.3 is 94.8 Å². The van der Waals surface area contributed by atoms with Gasteiger partial charge in [0.2, 0.25) is 0 Å². The van der Waals surface area contributed by atoms with Crippen molar-refractivity contribution in [3.05, 3.63) is 212 Å². The van der Waals surface area contributed by atoms with Crippen molar-refractivity contribution in [3.8, 4) is 0 Å². The van der Waals surface area contributed by atoms with Crippen LogP contribution in [-0.2, 0) is 71.8 Å². The fraction of sp³-hybridized carbons (Fsp3) is 0.539. The van der Waals surface area contributed by atoms with Crippen LogP contribution in [0, 0.1) is 0 Å². The highest BCUT2D eigenvalue weighted by Crippen LogP contribution is 2.29. The number of aliphatic hydroxyl groups excluding tert-OH is 1. The molecular formula is C89H147F6N21O. The third-order valence-corrected chi connectivity index (χ3v) is 18.1. The van der Waals surface area contributed by atoms with Crippen molar-refractivity contribution in [2.24, 2.45) is 88.0 Å². The van der Waals surface area contributed by atoms with Gasteiger partial charge in [-0.15, -0.1) is 0 Å². The molecule has 4 unspecified atom stereocenters. The Morgan fingerprint density at radius 2 is 0.641 bits per heavy atom. The van der Waals surface area contributed by atoms with Gasteiger partial charge in [-0.2, -0.15) is 26.9 Å². The summed E-state index contributed by atoms with van der Waals surface area (Å²) in [6.45, 7) is 47.3. The summed E-state index contributed by atoms with van der Waals surface area (Å²) in [6, 6.07) is 45.1. The lowest BCUT2D eigenvalue weighted by atomic mass is 9.87. The fourth-order valence-corrected chi connectivity index (χ4v) is 10.8. The van der Waals surface area contributed by atoms with Crippen molar-refractivity contribution in [2.75, 3.05) is 45.9 Å². The molecule has 6 aromatic carbocycles. The van der Waals surface area contributed by atoms with E-state index in [0.29, 0.717) is 45.7 Å². The third kappa shape index (κ3) is 49.7. The molecule has 6 aromatic rings. The minimum absolute atomic E-state index is 0.00168. The van der Waals surface area contributed by atoms with Gasteiger partial charge in [-0.25, -0.2) is 14.4 Å². The predicted octanol–water partition coefficient (Wildman–Crippen LogP) is 12.3. The first-order valence-electron chi connectivity index (χ1n) is 40.0. The number of hydrogen-bond acceptors (Lipinski definition) is 12. The zero-order valence-electron chi connectivity index (χ0n) is 73.5. The maximum atomic E-state index is 13.2. The molecule has 6 rings (SSSR count). The van der Waals surface area contributed by atoms with Crippen molar-refractivity contribution >= 4 is 29.8 Å². The van der Waals surface area contributed by atoms with Crippen LogP contribution in [0.3, 0.4) is 0 Å². The number of nitrogens with two attached hydrogens (primary N) is 11. The van der Waals surface area contributed by atoms with Crippen LogP contribution in [0.2, 0.25) is 0 Å². The number of halogens is 6. The molecule has 0 spiro atoms. The number of aliphatic hydroxyl groups is 1. The molecule has 28 heteroatoms. The van der Waals surface area contributed by atoms with Gasteiger partial charge in [0.25, 0.3) is 0 Å². The van der Waals surface area contributed by atoms with E-state index in [0.717, 1.165) is 37.2 Å². The molecule has 0 saturated heterocycles. The smallest absolute Gasteiger partial charge is 0.390 e. The molecule has 4 atom stereocenters. The lowest BCUT2D eigenvalue weighted by Gasteiger charge is -2.19. The molecule has 0 bridgehead atoms. The highest BCUT2D eigenvalue weighted by atomic mass is 19.4. The van der Waals surface area contributed by atoms with Crippen molar-refractivity contribution in [2.45, 2.75) is 265 Å². The van der Waals surface area contributed by atoms with E-state index < -0.39 is 55.4 Å². The Kier molecular flexibility index (Phi) is 46.5. The van der Waals surface area contributed by atoms with Crippen LogP contribution < -0.4 is 89.7 Å². The molecule has 0 saturated carbocycles. The van der Waals surface area contributed by atoms with Crippen LogP contribution in [0.25, 0.3) is 0 Å². The molecule has 0 aliphatic heterocycles. The van der Waals surface area contributed by atoms with Crippen LogP contribution >= 0.6 is 0 Å². The van der Waals surface area contributed by atoms with E-state index in [9.17, 15) is 31.4 Å². The minimum Gasteiger partial charge on any atom is -0.390 e. The average Bonchev–Trinajstić information content (AvgIpc) is 0.883. The van der Waals surface area contributed by atoms with Gasteiger partial charge in [0.1, 0.15) is 6.67 Å². The number of nitrogens with one attached hydrogen (secondary N) is 5. The summed E-state index contributed by atoms with van der Waals surface area (Å²) in [4.78, 5) is 17.8. The molecule has 0 amide bonds. The second-order valence-corrected chi connectivity index (χ2v) is 35.3. The second kappa shape index (κ2) is 51.3. The number of alkyl halides is 6. The zero-order valence-corrected chi connectivity index (χ0v) is 73.5. The number of rotatable bonds is 32. The highest BCUT2D eigenvalue weighted by Gasteiger charge is 2.39. The average molecular weight is 1640 g/mol. The standard InChI is InChI=1S/C16H25F3N4.C16H27FN4.C16H28N4.C15H24F2N4.C15H26N4O.C11H17N/c1-15(2,3)12-6-4-11(5-7-12)10-22-9-8-13(16(17,18)19)23-14(20)21;1-16(2,3)13-6-4-12(5-7-13)11-20-9-8-14(10-17)21-15(18)19;1-12(20-15(17)18)9-10-19-11-13-5-7-14(8-6-13)16(2,3)4;1-14(2,3)12-6-4-11(5-7-12)10-20-9-8-15(16,17)21-13(18)19;1-15(2,3)12-6-4-11(5-7-12)8-18-9-13(20)10-19-14(16)17;1-11(2,3)10-6-4-9(8-12)5-7-10/h4-7,13,22H,8-10H2,1-3H3,(H4,20,21,23);4-7,14,20H,8-11H2,1-3H3,(H4,18,19,21);5-8,12,19H,9-11H2,1-4H3,(H4,17,18,20);4-7,20H,8-10H2,1-3H3,(H4,18,19,21);4-7,13,18,20H,8-10H2,1-3H3,(H4,16,17,19);4-7H,8,12H2,1-3H3. The summed E-state index contributed by atoms with van der Waals surface area (Å²) in [7, 11) is 0. The molecule has 22 nitrogen and oxygen atoms in total. The molecular weight excluding hydrogens is 1490 g/mol. The van der Waals surface area contributed by atoms with Crippen molar-refractivity contribution in [1.82, 2.24) is 26.6 Å². The second-order valence-electron chi connectivity index (χ2n) is 35.3. The van der Waals surface area contributed by atoms with Crippen LogP contribution in [-0.4, -0.2) is 117 Å². The Morgan fingerprint density at radius 1 is 0.359 bits per heavy atom. The van der Waals surface area contributed by atoms with Crippen LogP contribution in [0.5, 0.6) is 0 Å². The normalized spacial score (nSPS) is 12.8. The molecule has 0 heterocycles. The Bertz CT molecular complexity index is 3830. The number of nitrogens with zero attached hydrogens (tertiary/aromatic N) is 5. The molecule has 28 N–H and O–H groups in total. The minimum atomic E-state index is -4.44. The predicted molar refractivity (Wildman–Crippen MR) is 480 cm³/mol. The number of hydrogen-bond donors (Lipinski definition) is 17. The van der Waals surface area contributed by atoms with Gasteiger partial charge in [0.05, 0.1) is 24.7 Å². The highest BCUT2D eigenvalue weighted by molar-refractivity contribution is 5.77. The van der Waals surface area contributed by atoms with Gasteiger partial charge in [-0.1, -0.05) is 270 Å². The van der Waals surface area contributed by atoms with Crippen LogP contribution in [0.15, 0.2) is 171 Å². The maximum Gasteiger partial charge on any atom is 0.410 e. The number of aliphatic imine (C=N–C) groups is 5. The third-order valence-electron chi connectivity index (χ3n) is 18.1. The van der Waals surface area contributed by atoms with Crippen molar-refractivity contribution in [3.63, 3.8) is 0 Å². The zero-order chi connectivity index (χ0) is 89.2. The van der Waals surface area contributed by atoms with Crippen LogP contribution in [0.4, 0.5) is 26.3 Å². The van der Waals surface area contributed by atoms with E-state index in [1.807, 2.05) is 43.3 Å². The topological polar surface area (TPSA) is 428 Å². The Hall–Kier alpha value is -9.03. The summed E-state index contributed by atoms with van der Waals surface area (Å²) in [5, 5.41) is 25.5. The molecule has 0 radical (unpaired) electrons. The van der Waals surface area contributed by atoms with Gasteiger partial charge in [0, 0.05) is 58.8 Å². The van der Waals surface area contributed by atoms with E-state index in [-0.39, 0.29) is 82.5 Å². The van der Waals surface area contributed by atoms with E-state index in [1.165, 1.54) is 55.6 Å². The largest absolute Gasteiger partial charge is 0.410 e. The summed E-state index contributed by atoms with van der Waals surface area (Å²) < 4.78 is 77.3. The summed E-state index contributed by atoms with van der Waals surface area (Å²) >= 11 is 0. The molecule has 0 aliphatic carbocycles. The fourth-order valence-electron chi connectivity index (χ4n) is 10.8. The van der Waals surface area contributed by atoms with Gasteiger partial charge in [0.15, 0.2) is 35.8 Å². The number of guanidine groups is 5. The summed E-state index contributed by atoms with van der Waals surface area (Å²) in [6.07, 6.45) is -4.16. The number of benzene rings is 6. The lowest BCUT2D eigenvalue weighted by Crippen LogP contribution is -2.35. The summed E-state index contributed by atoms with van der Waals surface area (Å²) in [5.74, 6) is -1.05. The first-order valence-corrected chi connectivity index (χ1v) is 40.0. The Morgan fingerprint density at radius 3 is 0.906 bits per heavy atom. The maximum absolute atomic E-state index is 13.2. The van der Waals surface area contributed by atoms with Crippen molar-refractivity contribution < 1.29 is 31.4 Å². The molecule has 0 aliphatic rings. The SMILES string of the molecule is CC(C)(C)c1ccc(CN)cc1.CC(C)(C)c1ccc(CNCC(O)CN=C(N)N)cc1.CC(C)(C)c1ccc(CNCCC(CF)N=C(N)N)cc1.CC(C)(C)c1ccc(CNCCC(F)(F)N=C(N)N)cc1.CC(C)(C)c1ccc(CNCCC(N=C(N)N)C(F)(F)F)cc1.CC(CCNCc1ccc(C(C)(C)C)cc1)N=C(N)N. The first kappa shape index (κ1) is 106. The van der Waals surface area contributed by atoms with Gasteiger partial charge in [-0.3, -0.25) is 9.98 Å².